The first-order valence-electron chi connectivity index (χ1n) is 5.80. The van der Waals surface area contributed by atoms with Crippen molar-refractivity contribution in [2.45, 2.75) is 10.6 Å². The van der Waals surface area contributed by atoms with Crippen LogP contribution in [0.4, 0.5) is 5.69 Å². The molecule has 0 N–H and O–H groups in total. The first-order chi connectivity index (χ1) is 8.65. The summed E-state index contributed by atoms with van der Waals surface area (Å²) in [6.07, 6.45) is 0. The van der Waals surface area contributed by atoms with E-state index >= 15 is 0 Å². The standard InChI is InChI=1S/C15H16ClNS/c1-17(2)14-7-3-12(4-8-14)11-18-15-9-5-13(16)6-10-15/h3-10H,11H2,1-2H3. The number of thioether (sulfide) groups is 1. The van der Waals surface area contributed by atoms with E-state index in [4.69, 9.17) is 11.6 Å². The smallest absolute Gasteiger partial charge is 0.0406 e. The van der Waals surface area contributed by atoms with Gasteiger partial charge in [0.05, 0.1) is 0 Å². The molecular formula is C15H16ClNS. The summed E-state index contributed by atoms with van der Waals surface area (Å²) >= 11 is 7.69. The molecule has 18 heavy (non-hydrogen) atoms. The Balaban J connectivity index is 1.95. The van der Waals surface area contributed by atoms with Crippen molar-refractivity contribution < 1.29 is 0 Å². The monoisotopic (exact) mass is 277 g/mol. The molecule has 94 valence electrons. The van der Waals surface area contributed by atoms with Crippen LogP contribution in [-0.4, -0.2) is 14.1 Å². The van der Waals surface area contributed by atoms with Crippen LogP contribution in [0.1, 0.15) is 5.56 Å². The maximum atomic E-state index is 5.86. The second-order valence-electron chi connectivity index (χ2n) is 4.30. The summed E-state index contributed by atoms with van der Waals surface area (Å²) in [5.41, 5.74) is 2.57. The summed E-state index contributed by atoms with van der Waals surface area (Å²) < 4.78 is 0. The summed E-state index contributed by atoms with van der Waals surface area (Å²) in [6.45, 7) is 0. The van der Waals surface area contributed by atoms with Crippen molar-refractivity contribution in [2.24, 2.45) is 0 Å². The van der Waals surface area contributed by atoms with E-state index < -0.39 is 0 Å². The molecule has 0 fully saturated rings. The SMILES string of the molecule is CN(C)c1ccc(CSc2ccc(Cl)cc2)cc1. The minimum atomic E-state index is 0.787. The van der Waals surface area contributed by atoms with Crippen LogP contribution < -0.4 is 4.90 Å². The van der Waals surface area contributed by atoms with Crippen molar-refractivity contribution in [3.8, 4) is 0 Å². The number of anilines is 1. The molecule has 1 nitrogen and oxygen atoms in total. The van der Waals surface area contributed by atoms with E-state index in [0.717, 1.165) is 10.8 Å². The average Bonchev–Trinajstić information content (AvgIpc) is 2.38. The molecule has 0 spiro atoms. The number of halogens is 1. The van der Waals surface area contributed by atoms with Crippen LogP contribution in [-0.2, 0) is 5.75 Å². The Labute approximate surface area is 118 Å². The van der Waals surface area contributed by atoms with E-state index in [2.05, 4.69) is 55.4 Å². The highest BCUT2D eigenvalue weighted by Gasteiger charge is 1.98. The lowest BCUT2D eigenvalue weighted by Crippen LogP contribution is -2.08. The average molecular weight is 278 g/mol. The first kappa shape index (κ1) is 13.3. The molecule has 0 saturated heterocycles. The molecule has 2 aromatic rings. The number of rotatable bonds is 4. The van der Waals surface area contributed by atoms with Gasteiger partial charge in [-0.05, 0) is 42.0 Å². The van der Waals surface area contributed by atoms with Gasteiger partial charge in [0, 0.05) is 35.5 Å². The number of hydrogen-bond acceptors (Lipinski definition) is 2. The quantitative estimate of drug-likeness (QED) is 0.746. The highest BCUT2D eigenvalue weighted by atomic mass is 35.5. The van der Waals surface area contributed by atoms with Crippen LogP contribution in [0.5, 0.6) is 0 Å². The third-order valence-corrected chi connectivity index (χ3v) is 4.01. The largest absolute Gasteiger partial charge is 0.378 e. The van der Waals surface area contributed by atoms with Gasteiger partial charge in [0.15, 0.2) is 0 Å². The fraction of sp³-hybridized carbons (Fsp3) is 0.200. The molecule has 2 rings (SSSR count). The van der Waals surface area contributed by atoms with Crippen LogP contribution in [0.15, 0.2) is 53.4 Å². The van der Waals surface area contributed by atoms with Crippen LogP contribution in [0.2, 0.25) is 5.02 Å². The highest BCUT2D eigenvalue weighted by Crippen LogP contribution is 2.25. The van der Waals surface area contributed by atoms with Gasteiger partial charge in [-0.1, -0.05) is 23.7 Å². The van der Waals surface area contributed by atoms with Gasteiger partial charge in [-0.3, -0.25) is 0 Å². The molecule has 0 heterocycles. The summed E-state index contributed by atoms with van der Waals surface area (Å²) in [7, 11) is 4.11. The zero-order valence-electron chi connectivity index (χ0n) is 10.6. The Morgan fingerprint density at radius 1 is 0.944 bits per heavy atom. The molecule has 0 aliphatic rings. The molecule has 2 aromatic carbocycles. The molecule has 0 saturated carbocycles. The van der Waals surface area contributed by atoms with Crippen LogP contribution in [0.25, 0.3) is 0 Å². The second kappa shape index (κ2) is 6.17. The summed E-state index contributed by atoms with van der Waals surface area (Å²) in [5, 5.41) is 0.787. The van der Waals surface area contributed by atoms with E-state index in [1.54, 1.807) is 0 Å². The Kier molecular flexibility index (Phi) is 4.56. The normalized spacial score (nSPS) is 10.4. The fourth-order valence-electron chi connectivity index (χ4n) is 1.59. The first-order valence-corrected chi connectivity index (χ1v) is 7.16. The molecule has 0 bridgehead atoms. The van der Waals surface area contributed by atoms with Crippen LogP contribution in [0, 0.1) is 0 Å². The predicted octanol–water partition coefficient (Wildman–Crippen LogP) is 4.70. The van der Waals surface area contributed by atoms with E-state index in [1.807, 2.05) is 23.9 Å². The Bertz CT molecular complexity index is 491. The van der Waals surface area contributed by atoms with Gasteiger partial charge in [0.1, 0.15) is 0 Å². The third kappa shape index (κ3) is 3.69. The highest BCUT2D eigenvalue weighted by molar-refractivity contribution is 7.98. The molecule has 3 heteroatoms. The summed E-state index contributed by atoms with van der Waals surface area (Å²) in [6, 6.07) is 16.6. The molecule has 0 radical (unpaired) electrons. The van der Waals surface area contributed by atoms with E-state index in [1.165, 1.54) is 16.1 Å². The van der Waals surface area contributed by atoms with Crippen molar-refractivity contribution in [2.75, 3.05) is 19.0 Å². The van der Waals surface area contributed by atoms with Crippen LogP contribution in [0.3, 0.4) is 0 Å². The Morgan fingerprint density at radius 3 is 2.11 bits per heavy atom. The number of benzene rings is 2. The molecule has 0 unspecified atom stereocenters. The summed E-state index contributed by atoms with van der Waals surface area (Å²) in [5.74, 6) is 0.981. The molecule has 0 aromatic heterocycles. The number of nitrogens with zero attached hydrogens (tertiary/aromatic N) is 1. The summed E-state index contributed by atoms with van der Waals surface area (Å²) in [4.78, 5) is 3.35. The van der Waals surface area contributed by atoms with E-state index in [-0.39, 0.29) is 0 Å². The van der Waals surface area contributed by atoms with Gasteiger partial charge in [0.2, 0.25) is 0 Å². The van der Waals surface area contributed by atoms with Gasteiger partial charge in [-0.25, -0.2) is 0 Å². The van der Waals surface area contributed by atoms with Crippen molar-refractivity contribution in [1.82, 2.24) is 0 Å². The van der Waals surface area contributed by atoms with Gasteiger partial charge >= 0.3 is 0 Å². The van der Waals surface area contributed by atoms with Crippen molar-refractivity contribution >= 4 is 29.1 Å². The van der Waals surface area contributed by atoms with Crippen molar-refractivity contribution in [1.29, 1.82) is 0 Å². The van der Waals surface area contributed by atoms with Gasteiger partial charge in [-0.2, -0.15) is 0 Å². The zero-order chi connectivity index (χ0) is 13.0. The van der Waals surface area contributed by atoms with Gasteiger partial charge in [0.25, 0.3) is 0 Å². The maximum absolute atomic E-state index is 5.86. The van der Waals surface area contributed by atoms with Gasteiger partial charge in [-0.15, -0.1) is 11.8 Å². The lowest BCUT2D eigenvalue weighted by Gasteiger charge is -2.12. The van der Waals surface area contributed by atoms with Crippen molar-refractivity contribution in [3.05, 3.63) is 59.1 Å². The molecule has 0 amide bonds. The minimum Gasteiger partial charge on any atom is -0.378 e. The topological polar surface area (TPSA) is 3.24 Å². The van der Waals surface area contributed by atoms with Gasteiger partial charge < -0.3 is 4.90 Å². The third-order valence-electron chi connectivity index (χ3n) is 2.67. The predicted molar refractivity (Wildman–Crippen MR) is 81.8 cm³/mol. The van der Waals surface area contributed by atoms with Crippen molar-refractivity contribution in [3.63, 3.8) is 0 Å². The maximum Gasteiger partial charge on any atom is 0.0406 e. The minimum absolute atomic E-state index is 0.787. The number of hydrogen-bond donors (Lipinski definition) is 0. The molecule has 0 aliphatic carbocycles. The van der Waals surface area contributed by atoms with Crippen LogP contribution >= 0.6 is 23.4 Å². The lowest BCUT2D eigenvalue weighted by molar-refractivity contribution is 1.13. The van der Waals surface area contributed by atoms with E-state index in [0.29, 0.717) is 0 Å². The molecule has 0 atom stereocenters. The van der Waals surface area contributed by atoms with E-state index in [9.17, 15) is 0 Å². The second-order valence-corrected chi connectivity index (χ2v) is 5.79. The fourth-order valence-corrected chi connectivity index (χ4v) is 2.57. The molecular weight excluding hydrogens is 262 g/mol. The molecule has 0 aliphatic heterocycles. The Morgan fingerprint density at radius 2 is 1.56 bits per heavy atom. The zero-order valence-corrected chi connectivity index (χ0v) is 12.1. The Hall–Kier alpha value is -1.12. The lowest BCUT2D eigenvalue weighted by atomic mass is 10.2.